The molecule has 59 heavy (non-hydrogen) atoms. The predicted octanol–water partition coefficient (Wildman–Crippen LogP) is 14.5. The molecule has 0 amide bonds. The molecule has 1 spiro atoms. The van der Waals surface area contributed by atoms with E-state index in [1.54, 1.807) is 0 Å². The Morgan fingerprint density at radius 1 is 0.373 bits per heavy atom. The van der Waals surface area contributed by atoms with E-state index >= 15 is 0 Å². The maximum atomic E-state index is 5.26. The van der Waals surface area contributed by atoms with Gasteiger partial charge in [0.15, 0.2) is 5.82 Å². The zero-order chi connectivity index (χ0) is 39.3. The molecule has 2 nitrogen and oxygen atoms in total. The lowest BCUT2D eigenvalue weighted by molar-refractivity contribution is 0.563. The zero-order valence-corrected chi connectivity index (χ0v) is 33.6. The second kappa shape index (κ2) is 12.8. The summed E-state index contributed by atoms with van der Waals surface area (Å²) in [4.78, 5) is 10.4. The van der Waals surface area contributed by atoms with E-state index in [0.29, 0.717) is 0 Å². The summed E-state index contributed by atoms with van der Waals surface area (Å²) in [5.41, 5.74) is 17.7. The summed E-state index contributed by atoms with van der Waals surface area (Å²) < 4.78 is 2.53. The monoisotopic (exact) mass is 770 g/mol. The van der Waals surface area contributed by atoms with Crippen molar-refractivity contribution in [3.63, 3.8) is 0 Å². The van der Waals surface area contributed by atoms with E-state index in [4.69, 9.17) is 9.97 Å². The summed E-state index contributed by atoms with van der Waals surface area (Å²) in [5.74, 6) is 0.726. The van der Waals surface area contributed by atoms with Gasteiger partial charge in [0, 0.05) is 42.3 Å². The number of fused-ring (bicyclic) bond motifs is 12. The van der Waals surface area contributed by atoms with Crippen LogP contribution in [0.4, 0.5) is 0 Å². The normalized spacial score (nSPS) is 14.2. The maximum absolute atomic E-state index is 5.26. The first-order valence-electron chi connectivity index (χ1n) is 20.4. The van der Waals surface area contributed by atoms with E-state index in [1.165, 1.54) is 75.8 Å². The van der Waals surface area contributed by atoms with E-state index in [2.05, 4.69) is 202 Å². The molecule has 0 saturated heterocycles. The molecule has 3 heteroatoms. The third-order valence-electron chi connectivity index (χ3n) is 13.0. The second-order valence-corrected chi connectivity index (χ2v) is 17.5. The first-order chi connectivity index (χ1) is 29.0. The molecule has 0 N–H and O–H groups in total. The van der Waals surface area contributed by atoms with Gasteiger partial charge in [-0.25, -0.2) is 9.97 Å². The predicted molar refractivity (Wildman–Crippen MR) is 246 cm³/mol. The van der Waals surface area contributed by atoms with Crippen LogP contribution in [0.3, 0.4) is 0 Å². The number of aromatic nitrogens is 2. The number of nitrogens with zero attached hydrogens (tertiary/aromatic N) is 2. The minimum atomic E-state index is -0.422. The van der Waals surface area contributed by atoms with Crippen LogP contribution in [0.1, 0.15) is 47.2 Å². The molecule has 2 aromatic heterocycles. The van der Waals surface area contributed by atoms with Gasteiger partial charge in [0.2, 0.25) is 0 Å². The second-order valence-electron chi connectivity index (χ2n) is 16.5. The van der Waals surface area contributed by atoms with E-state index in [1.807, 2.05) is 17.4 Å². The summed E-state index contributed by atoms with van der Waals surface area (Å²) in [6.45, 7) is 4.76. The van der Waals surface area contributed by atoms with Gasteiger partial charge in [0.1, 0.15) is 0 Å². The highest BCUT2D eigenvalue weighted by atomic mass is 32.1. The Balaban J connectivity index is 1.01. The molecule has 10 aromatic rings. The number of rotatable bonds is 4. The van der Waals surface area contributed by atoms with Crippen molar-refractivity contribution in [3.05, 3.63) is 228 Å². The van der Waals surface area contributed by atoms with Crippen LogP contribution < -0.4 is 0 Å². The molecular formula is C56H38N2S. The van der Waals surface area contributed by atoms with Crippen LogP contribution in [0, 0.1) is 0 Å². The third kappa shape index (κ3) is 4.92. The summed E-state index contributed by atoms with van der Waals surface area (Å²) in [6.07, 6.45) is 0. The van der Waals surface area contributed by atoms with Crippen molar-refractivity contribution in [2.24, 2.45) is 0 Å². The van der Waals surface area contributed by atoms with E-state index in [0.717, 1.165) is 33.9 Å². The molecule has 0 atom stereocenters. The number of hydrogen-bond acceptors (Lipinski definition) is 3. The maximum Gasteiger partial charge on any atom is 0.160 e. The van der Waals surface area contributed by atoms with Crippen molar-refractivity contribution in [2.45, 2.75) is 24.7 Å². The fourth-order valence-corrected chi connectivity index (χ4v) is 11.5. The van der Waals surface area contributed by atoms with Crippen LogP contribution in [0.2, 0.25) is 0 Å². The molecule has 0 fully saturated rings. The molecular weight excluding hydrogens is 733 g/mol. The molecule has 278 valence electrons. The fraction of sp³-hybridized carbons (Fsp3) is 0.0714. The molecule has 8 aromatic carbocycles. The van der Waals surface area contributed by atoms with Crippen LogP contribution in [0.25, 0.3) is 76.3 Å². The topological polar surface area (TPSA) is 25.8 Å². The van der Waals surface area contributed by atoms with Crippen LogP contribution in [-0.4, -0.2) is 9.97 Å². The highest BCUT2D eigenvalue weighted by Gasteiger charge is 2.53. The average Bonchev–Trinajstić information content (AvgIpc) is 3.82. The quantitative estimate of drug-likeness (QED) is 0.178. The van der Waals surface area contributed by atoms with Gasteiger partial charge in [-0.15, -0.1) is 11.3 Å². The Kier molecular flexibility index (Phi) is 7.39. The molecule has 2 aliphatic carbocycles. The lowest BCUT2D eigenvalue weighted by Crippen LogP contribution is -2.40. The van der Waals surface area contributed by atoms with Gasteiger partial charge in [0.05, 0.1) is 16.8 Å². The largest absolute Gasteiger partial charge is 0.228 e. The minimum Gasteiger partial charge on any atom is -0.228 e. The van der Waals surface area contributed by atoms with Gasteiger partial charge >= 0.3 is 0 Å². The Bertz CT molecular complexity index is 3250. The van der Waals surface area contributed by atoms with Crippen LogP contribution >= 0.6 is 11.3 Å². The van der Waals surface area contributed by atoms with Crippen molar-refractivity contribution >= 4 is 31.5 Å². The summed E-state index contributed by atoms with van der Waals surface area (Å²) >= 11 is 1.82. The van der Waals surface area contributed by atoms with Crippen molar-refractivity contribution in [1.29, 1.82) is 0 Å². The molecule has 2 heterocycles. The first-order valence-corrected chi connectivity index (χ1v) is 21.2. The lowest BCUT2D eigenvalue weighted by Gasteiger charge is -2.46. The molecule has 0 unspecified atom stereocenters. The van der Waals surface area contributed by atoms with Crippen molar-refractivity contribution < 1.29 is 0 Å². The van der Waals surface area contributed by atoms with Gasteiger partial charge in [0.25, 0.3) is 0 Å². The van der Waals surface area contributed by atoms with Crippen LogP contribution in [0.15, 0.2) is 194 Å². The van der Waals surface area contributed by atoms with Gasteiger partial charge in [-0.05, 0) is 73.8 Å². The average molecular weight is 771 g/mol. The van der Waals surface area contributed by atoms with Gasteiger partial charge in [-0.2, -0.15) is 0 Å². The summed E-state index contributed by atoms with van der Waals surface area (Å²) in [5, 5.41) is 2.56. The smallest absolute Gasteiger partial charge is 0.160 e. The summed E-state index contributed by atoms with van der Waals surface area (Å²) in [7, 11) is 0. The third-order valence-corrected chi connectivity index (χ3v) is 14.1. The Morgan fingerprint density at radius 2 is 0.898 bits per heavy atom. The Labute approximate surface area is 348 Å². The minimum absolute atomic E-state index is 0.129. The fourth-order valence-electron chi connectivity index (χ4n) is 10.3. The van der Waals surface area contributed by atoms with Crippen molar-refractivity contribution in [2.75, 3.05) is 0 Å². The molecule has 0 aliphatic heterocycles. The van der Waals surface area contributed by atoms with E-state index < -0.39 is 5.41 Å². The van der Waals surface area contributed by atoms with E-state index in [9.17, 15) is 0 Å². The first kappa shape index (κ1) is 34.1. The highest BCUT2D eigenvalue weighted by Crippen LogP contribution is 2.63. The van der Waals surface area contributed by atoms with Crippen molar-refractivity contribution in [3.8, 4) is 56.2 Å². The molecule has 2 aliphatic rings. The Morgan fingerprint density at radius 3 is 1.63 bits per heavy atom. The molecule has 0 saturated carbocycles. The van der Waals surface area contributed by atoms with E-state index in [-0.39, 0.29) is 5.41 Å². The molecule has 0 radical (unpaired) electrons. The van der Waals surface area contributed by atoms with Gasteiger partial charge in [-0.3, -0.25) is 0 Å². The lowest BCUT2D eigenvalue weighted by atomic mass is 9.55. The van der Waals surface area contributed by atoms with Crippen LogP contribution in [0.5, 0.6) is 0 Å². The van der Waals surface area contributed by atoms with Crippen molar-refractivity contribution in [1.82, 2.24) is 9.97 Å². The SMILES string of the molecule is CC1(C)c2ccccc2C2(c3ccccc3-c3c(-c4ccc(-c5cc(-c6ccccc6)nc(-c6ccc7c(c6)sc6ccccc67)n5)cc4)cccc32)c2ccccc21. The highest BCUT2D eigenvalue weighted by molar-refractivity contribution is 7.25. The molecule has 0 bridgehead atoms. The van der Waals surface area contributed by atoms with Crippen LogP contribution in [-0.2, 0) is 10.8 Å². The van der Waals surface area contributed by atoms with Gasteiger partial charge < -0.3 is 0 Å². The molecule has 12 rings (SSSR count). The standard InChI is InChI=1S/C56H38N2S/c1-55(2)44-21-9-11-23-46(44)56(47-24-12-10-22-45(47)55)43-20-8-6-18-42(43)53-39(19-14-25-48(53)56)35-27-29-37(30-28-35)50-34-49(36-15-4-3-5-16-36)57-54(58-50)38-31-32-41-40-17-7-13-26-51(40)59-52(41)33-38/h3-34H,1-2H3. The zero-order valence-electron chi connectivity index (χ0n) is 32.8. The number of benzene rings is 8. The van der Waals surface area contributed by atoms with Gasteiger partial charge in [-0.1, -0.05) is 190 Å². The number of thiophene rings is 1. The number of hydrogen-bond donors (Lipinski definition) is 0. The Hall–Kier alpha value is -6.94. The summed E-state index contributed by atoms with van der Waals surface area (Å²) in [6, 6.07) is 71.2.